The first-order valence-corrected chi connectivity index (χ1v) is 6.38. The van der Waals surface area contributed by atoms with Crippen LogP contribution in [0.3, 0.4) is 0 Å². The molecule has 1 aliphatic rings. The molecule has 1 rings (SSSR count). The van der Waals surface area contributed by atoms with Crippen molar-refractivity contribution in [2.75, 3.05) is 26.8 Å². The molecule has 1 aliphatic carbocycles. The molecule has 0 heterocycles. The molecule has 0 aromatic carbocycles. The summed E-state index contributed by atoms with van der Waals surface area (Å²) in [6, 6.07) is -0.622. The second kappa shape index (κ2) is 7.06. The summed E-state index contributed by atoms with van der Waals surface area (Å²) in [5.41, 5.74) is -1.23. The lowest BCUT2D eigenvalue weighted by atomic mass is 9.77. The summed E-state index contributed by atoms with van der Waals surface area (Å²) in [6.45, 7) is 2.03. The van der Waals surface area contributed by atoms with Crippen LogP contribution in [0.25, 0.3) is 0 Å². The summed E-state index contributed by atoms with van der Waals surface area (Å²) in [6.07, 6.45) is 1.23. The van der Waals surface area contributed by atoms with Gasteiger partial charge in [-0.2, -0.15) is 4.74 Å². The van der Waals surface area contributed by atoms with Gasteiger partial charge in [0.15, 0.2) is 12.1 Å². The predicted molar refractivity (Wildman–Crippen MR) is 68.4 cm³/mol. The number of ether oxygens (including phenoxy) is 1. The van der Waals surface area contributed by atoms with E-state index in [9.17, 15) is 15.0 Å². The van der Waals surface area contributed by atoms with Gasteiger partial charge in [-0.3, -0.25) is 15.4 Å². The van der Waals surface area contributed by atoms with Crippen LogP contribution in [-0.2, 0) is 9.53 Å². The Morgan fingerprint density at radius 1 is 1.42 bits per heavy atom. The van der Waals surface area contributed by atoms with Crippen molar-refractivity contribution in [1.82, 2.24) is 10.6 Å². The van der Waals surface area contributed by atoms with Gasteiger partial charge < -0.3 is 15.3 Å². The molecule has 110 valence electrons. The topological polar surface area (TPSA) is 111 Å². The molecular formula is C12H23N2O5+. The van der Waals surface area contributed by atoms with Gasteiger partial charge in [0.25, 0.3) is 6.10 Å². The van der Waals surface area contributed by atoms with Crippen LogP contribution in [0, 0.1) is 6.10 Å². The molecule has 2 unspecified atom stereocenters. The molecule has 7 nitrogen and oxygen atoms in total. The minimum atomic E-state index is -1.23. The molecule has 0 aliphatic heterocycles. The number of carbonyl (C=O) groups is 1. The maximum Gasteiger partial charge on any atom is 0.317 e. The Labute approximate surface area is 113 Å². The van der Waals surface area contributed by atoms with Crippen LogP contribution < -0.4 is 10.6 Å². The standard InChI is InChI=1S/C12H22N2O5/c1-3-13-8-4-12(18,7-15)5-9(11(8)19-2)14-6-10(16)17/h8-9,13-15,18H,3-7H2,1-2H3/p+1/t8?,9?,12-/m1/s1. The summed E-state index contributed by atoms with van der Waals surface area (Å²) in [5.74, 6) is -0.978. The van der Waals surface area contributed by atoms with E-state index < -0.39 is 17.6 Å². The fourth-order valence-corrected chi connectivity index (χ4v) is 2.50. The largest absolute Gasteiger partial charge is 0.480 e. The molecule has 7 heteroatoms. The zero-order valence-corrected chi connectivity index (χ0v) is 11.3. The summed E-state index contributed by atoms with van der Waals surface area (Å²) in [5, 5.41) is 34.3. The summed E-state index contributed by atoms with van der Waals surface area (Å²) in [7, 11) is 1.53. The third-order valence-corrected chi connectivity index (χ3v) is 3.34. The van der Waals surface area contributed by atoms with Gasteiger partial charge in [0.05, 0.1) is 25.9 Å². The minimum absolute atomic E-state index is 0.216. The number of hydrogen-bond donors (Lipinski definition) is 5. The molecule has 0 spiro atoms. The van der Waals surface area contributed by atoms with Crippen molar-refractivity contribution in [2.24, 2.45) is 0 Å². The number of aliphatic hydroxyl groups is 2. The van der Waals surface area contributed by atoms with Crippen molar-refractivity contribution in [3.8, 4) is 0 Å². The van der Waals surface area contributed by atoms with Gasteiger partial charge in [-0.1, -0.05) is 6.92 Å². The first-order valence-electron chi connectivity index (χ1n) is 6.38. The summed E-state index contributed by atoms with van der Waals surface area (Å²) in [4.78, 5) is 10.6. The fraction of sp³-hybridized carbons (Fsp3) is 0.833. The van der Waals surface area contributed by atoms with E-state index in [1.807, 2.05) is 6.92 Å². The molecular weight excluding hydrogens is 252 g/mol. The lowest BCUT2D eigenvalue weighted by Gasteiger charge is -2.37. The normalized spacial score (nSPS) is 31.5. The van der Waals surface area contributed by atoms with E-state index in [0.717, 1.165) is 0 Å². The molecule has 3 atom stereocenters. The molecule has 0 saturated heterocycles. The van der Waals surface area contributed by atoms with Gasteiger partial charge in [-0.25, -0.2) is 0 Å². The van der Waals surface area contributed by atoms with Gasteiger partial charge in [0.1, 0.15) is 0 Å². The Kier molecular flexibility index (Phi) is 6.02. The van der Waals surface area contributed by atoms with Crippen molar-refractivity contribution in [3.05, 3.63) is 6.10 Å². The van der Waals surface area contributed by atoms with Crippen molar-refractivity contribution in [1.29, 1.82) is 0 Å². The summed E-state index contributed by atoms with van der Waals surface area (Å²) >= 11 is 0. The lowest BCUT2D eigenvalue weighted by molar-refractivity contribution is -0.136. The Morgan fingerprint density at radius 3 is 2.42 bits per heavy atom. The number of likely N-dealkylation sites (N-methyl/N-ethyl adjacent to an activating group) is 1. The Balaban J connectivity index is 2.80. The number of aliphatic carboxylic acids is 1. The van der Waals surface area contributed by atoms with E-state index in [1.54, 1.807) is 0 Å². The van der Waals surface area contributed by atoms with Gasteiger partial charge >= 0.3 is 5.97 Å². The summed E-state index contributed by atoms with van der Waals surface area (Å²) < 4.78 is 5.35. The van der Waals surface area contributed by atoms with E-state index >= 15 is 0 Å². The SMILES string of the molecule is CCNC1C[C@](O)(CO)CC(NCC(=O)O)[C+]1OC. The van der Waals surface area contributed by atoms with Crippen LogP contribution >= 0.6 is 0 Å². The van der Waals surface area contributed by atoms with Crippen molar-refractivity contribution >= 4 is 5.97 Å². The van der Waals surface area contributed by atoms with Gasteiger partial charge in [0.2, 0.25) is 0 Å². The number of nitrogens with one attached hydrogen (secondary N) is 2. The number of aliphatic hydroxyl groups excluding tert-OH is 1. The highest BCUT2D eigenvalue weighted by molar-refractivity contribution is 5.69. The Bertz CT molecular complexity index is 302. The van der Waals surface area contributed by atoms with Crippen LogP contribution in [0.4, 0.5) is 0 Å². The highest BCUT2D eigenvalue weighted by atomic mass is 16.5. The van der Waals surface area contributed by atoms with Crippen LogP contribution in [0.1, 0.15) is 19.8 Å². The van der Waals surface area contributed by atoms with Crippen LogP contribution in [0.2, 0.25) is 0 Å². The number of carboxylic acids is 1. The van der Waals surface area contributed by atoms with Gasteiger partial charge in [-0.15, -0.1) is 0 Å². The first-order chi connectivity index (χ1) is 8.95. The average Bonchev–Trinajstić information content (AvgIpc) is 2.36. The second-order valence-corrected chi connectivity index (χ2v) is 4.83. The van der Waals surface area contributed by atoms with E-state index in [0.29, 0.717) is 19.1 Å². The molecule has 0 aromatic heterocycles. The molecule has 0 amide bonds. The third-order valence-electron chi connectivity index (χ3n) is 3.34. The monoisotopic (exact) mass is 275 g/mol. The number of hydrogen-bond acceptors (Lipinski definition) is 6. The number of carboxylic acid groups (broad SMARTS) is 1. The van der Waals surface area contributed by atoms with Crippen LogP contribution in [-0.4, -0.2) is 65.8 Å². The van der Waals surface area contributed by atoms with Crippen molar-refractivity contribution in [2.45, 2.75) is 37.5 Å². The first kappa shape index (κ1) is 16.2. The molecule has 1 saturated carbocycles. The zero-order chi connectivity index (χ0) is 14.5. The maximum atomic E-state index is 10.6. The molecule has 0 aromatic rings. The predicted octanol–water partition coefficient (Wildman–Crippen LogP) is -1.30. The maximum absolute atomic E-state index is 10.6. The third kappa shape index (κ3) is 4.32. The van der Waals surface area contributed by atoms with E-state index in [4.69, 9.17) is 9.84 Å². The van der Waals surface area contributed by atoms with Crippen LogP contribution in [0.5, 0.6) is 0 Å². The molecule has 5 N–H and O–H groups in total. The molecule has 1 fully saturated rings. The number of methoxy groups -OCH3 is 1. The molecule has 19 heavy (non-hydrogen) atoms. The highest BCUT2D eigenvalue weighted by Gasteiger charge is 2.54. The zero-order valence-electron chi connectivity index (χ0n) is 11.3. The van der Waals surface area contributed by atoms with Crippen molar-refractivity contribution in [3.63, 3.8) is 0 Å². The van der Waals surface area contributed by atoms with E-state index in [-0.39, 0.29) is 25.6 Å². The quantitative estimate of drug-likeness (QED) is 0.367. The Morgan fingerprint density at radius 2 is 2.00 bits per heavy atom. The Hall–Kier alpha value is -0.860. The van der Waals surface area contributed by atoms with E-state index in [2.05, 4.69) is 10.6 Å². The smallest absolute Gasteiger partial charge is 0.317 e. The average molecular weight is 275 g/mol. The minimum Gasteiger partial charge on any atom is -0.480 e. The second-order valence-electron chi connectivity index (χ2n) is 4.83. The lowest BCUT2D eigenvalue weighted by Crippen LogP contribution is -2.59. The van der Waals surface area contributed by atoms with E-state index in [1.165, 1.54) is 7.11 Å². The highest BCUT2D eigenvalue weighted by Crippen LogP contribution is 2.34. The van der Waals surface area contributed by atoms with Crippen molar-refractivity contribution < 1.29 is 24.9 Å². The number of rotatable bonds is 7. The van der Waals surface area contributed by atoms with Crippen LogP contribution in [0.15, 0.2) is 0 Å². The van der Waals surface area contributed by atoms with Gasteiger partial charge in [-0.05, 0) is 6.54 Å². The molecule has 0 radical (unpaired) electrons. The molecule has 0 bridgehead atoms. The fourth-order valence-electron chi connectivity index (χ4n) is 2.50. The van der Waals surface area contributed by atoms with Gasteiger partial charge in [0, 0.05) is 12.8 Å².